The van der Waals surface area contributed by atoms with Gasteiger partial charge in [0.2, 0.25) is 0 Å². The molecule has 0 saturated carbocycles. The SMILES string of the molecule is CC(=N)c1c(-c2ccc(O)cc2)nn(C(C)C)c1N. The summed E-state index contributed by atoms with van der Waals surface area (Å²) < 4.78 is 1.72. The van der Waals surface area contributed by atoms with Gasteiger partial charge in [0.05, 0.1) is 5.56 Å². The molecule has 2 rings (SSSR count). The molecule has 5 nitrogen and oxygen atoms in total. The number of hydrogen-bond acceptors (Lipinski definition) is 4. The molecular weight excluding hydrogens is 240 g/mol. The molecule has 100 valence electrons. The molecule has 0 aliphatic rings. The lowest BCUT2D eigenvalue weighted by Crippen LogP contribution is -2.08. The van der Waals surface area contributed by atoms with Crippen LogP contribution in [0, 0.1) is 5.41 Å². The molecule has 0 amide bonds. The molecule has 4 N–H and O–H groups in total. The van der Waals surface area contributed by atoms with Crippen molar-refractivity contribution in [3.05, 3.63) is 29.8 Å². The third-order valence-electron chi connectivity index (χ3n) is 2.95. The molecule has 0 aliphatic carbocycles. The molecule has 5 heteroatoms. The summed E-state index contributed by atoms with van der Waals surface area (Å²) in [5.41, 5.74) is 8.64. The lowest BCUT2D eigenvalue weighted by Gasteiger charge is -2.07. The molecule has 0 saturated heterocycles. The minimum atomic E-state index is 0.129. The third kappa shape index (κ3) is 2.31. The van der Waals surface area contributed by atoms with E-state index in [9.17, 15) is 5.11 Å². The zero-order valence-electron chi connectivity index (χ0n) is 11.3. The van der Waals surface area contributed by atoms with Crippen LogP contribution in [0.4, 0.5) is 5.82 Å². The monoisotopic (exact) mass is 258 g/mol. The van der Waals surface area contributed by atoms with Crippen LogP contribution in [0.15, 0.2) is 24.3 Å². The van der Waals surface area contributed by atoms with Crippen LogP contribution in [-0.4, -0.2) is 20.6 Å². The molecule has 0 spiro atoms. The third-order valence-corrected chi connectivity index (χ3v) is 2.95. The quantitative estimate of drug-likeness (QED) is 0.740. The lowest BCUT2D eigenvalue weighted by atomic mass is 10.0. The highest BCUT2D eigenvalue weighted by atomic mass is 16.3. The Bertz CT molecular complexity index is 611. The predicted molar refractivity (Wildman–Crippen MR) is 76.6 cm³/mol. The zero-order chi connectivity index (χ0) is 14.2. The van der Waals surface area contributed by atoms with E-state index in [1.807, 2.05) is 13.8 Å². The Balaban J connectivity index is 2.65. The first-order valence-electron chi connectivity index (χ1n) is 6.14. The molecule has 0 atom stereocenters. The summed E-state index contributed by atoms with van der Waals surface area (Å²) in [7, 11) is 0. The smallest absolute Gasteiger partial charge is 0.131 e. The summed E-state index contributed by atoms with van der Waals surface area (Å²) in [6, 6.07) is 6.87. The number of nitrogens with two attached hydrogens (primary N) is 1. The first-order valence-corrected chi connectivity index (χ1v) is 6.14. The maximum Gasteiger partial charge on any atom is 0.131 e. The average molecular weight is 258 g/mol. The van der Waals surface area contributed by atoms with E-state index in [4.69, 9.17) is 11.1 Å². The Labute approximate surface area is 112 Å². The number of rotatable bonds is 3. The van der Waals surface area contributed by atoms with Crippen LogP contribution in [0.5, 0.6) is 5.75 Å². The van der Waals surface area contributed by atoms with E-state index in [2.05, 4.69) is 5.10 Å². The van der Waals surface area contributed by atoms with E-state index in [-0.39, 0.29) is 11.8 Å². The van der Waals surface area contributed by atoms with Crippen molar-refractivity contribution in [3.8, 4) is 17.0 Å². The minimum absolute atomic E-state index is 0.129. The van der Waals surface area contributed by atoms with Crippen molar-refractivity contribution in [1.82, 2.24) is 9.78 Å². The molecule has 19 heavy (non-hydrogen) atoms. The van der Waals surface area contributed by atoms with Gasteiger partial charge in [-0.25, -0.2) is 4.68 Å². The van der Waals surface area contributed by atoms with Crippen LogP contribution >= 0.6 is 0 Å². The number of nitrogens with one attached hydrogen (secondary N) is 1. The van der Waals surface area contributed by atoms with Crippen molar-refractivity contribution in [3.63, 3.8) is 0 Å². The Morgan fingerprint density at radius 2 is 1.89 bits per heavy atom. The first-order chi connectivity index (χ1) is 8.91. The second kappa shape index (κ2) is 4.76. The highest BCUT2D eigenvalue weighted by Gasteiger charge is 2.19. The number of nitrogens with zero attached hydrogens (tertiary/aromatic N) is 2. The standard InChI is InChI=1S/C14H18N4O/c1-8(2)18-14(16)12(9(3)15)13(17-18)10-4-6-11(19)7-5-10/h4-8,15,19H,16H2,1-3H3. The van der Waals surface area contributed by atoms with Gasteiger partial charge in [0.1, 0.15) is 17.3 Å². The van der Waals surface area contributed by atoms with Gasteiger partial charge in [-0.3, -0.25) is 0 Å². The van der Waals surface area contributed by atoms with Crippen molar-refractivity contribution >= 4 is 11.5 Å². The second-order valence-electron chi connectivity index (χ2n) is 4.82. The molecule has 1 aromatic carbocycles. The van der Waals surface area contributed by atoms with Gasteiger partial charge >= 0.3 is 0 Å². The molecule has 1 heterocycles. The molecule has 1 aromatic heterocycles. The van der Waals surface area contributed by atoms with E-state index in [1.165, 1.54) is 0 Å². The van der Waals surface area contributed by atoms with Gasteiger partial charge in [0.15, 0.2) is 0 Å². The van der Waals surface area contributed by atoms with Crippen molar-refractivity contribution in [2.45, 2.75) is 26.8 Å². The fraction of sp³-hybridized carbons (Fsp3) is 0.286. The highest BCUT2D eigenvalue weighted by Crippen LogP contribution is 2.30. The highest BCUT2D eigenvalue weighted by molar-refractivity contribution is 6.05. The molecule has 0 radical (unpaired) electrons. The van der Waals surface area contributed by atoms with Gasteiger partial charge in [-0.05, 0) is 45.0 Å². The van der Waals surface area contributed by atoms with Crippen molar-refractivity contribution in [1.29, 1.82) is 5.41 Å². The number of phenolic OH excluding ortho intramolecular Hbond substituents is 1. The Morgan fingerprint density at radius 1 is 1.32 bits per heavy atom. The number of benzene rings is 1. The molecule has 0 aliphatic heterocycles. The van der Waals surface area contributed by atoms with Gasteiger partial charge in [0.25, 0.3) is 0 Å². The van der Waals surface area contributed by atoms with Gasteiger partial charge < -0.3 is 16.2 Å². The topological polar surface area (TPSA) is 87.9 Å². The Morgan fingerprint density at radius 3 is 2.37 bits per heavy atom. The van der Waals surface area contributed by atoms with Crippen LogP contribution in [0.25, 0.3) is 11.3 Å². The van der Waals surface area contributed by atoms with Crippen LogP contribution in [0.2, 0.25) is 0 Å². The Kier molecular flexibility index (Phi) is 3.29. The van der Waals surface area contributed by atoms with Crippen molar-refractivity contribution in [2.75, 3.05) is 5.73 Å². The summed E-state index contributed by atoms with van der Waals surface area (Å²) in [6.07, 6.45) is 0. The van der Waals surface area contributed by atoms with Crippen LogP contribution < -0.4 is 5.73 Å². The Hall–Kier alpha value is -2.30. The van der Waals surface area contributed by atoms with Gasteiger partial charge in [-0.1, -0.05) is 0 Å². The van der Waals surface area contributed by atoms with E-state index in [0.717, 1.165) is 5.56 Å². The van der Waals surface area contributed by atoms with E-state index >= 15 is 0 Å². The van der Waals surface area contributed by atoms with Crippen LogP contribution in [0.1, 0.15) is 32.4 Å². The molecular formula is C14H18N4O. The van der Waals surface area contributed by atoms with E-state index < -0.39 is 0 Å². The van der Waals surface area contributed by atoms with Crippen LogP contribution in [-0.2, 0) is 0 Å². The van der Waals surface area contributed by atoms with Crippen LogP contribution in [0.3, 0.4) is 0 Å². The van der Waals surface area contributed by atoms with Gasteiger partial charge in [-0.15, -0.1) is 0 Å². The molecule has 0 fully saturated rings. The summed E-state index contributed by atoms with van der Waals surface area (Å²) >= 11 is 0. The van der Waals surface area contributed by atoms with Gasteiger partial charge in [0, 0.05) is 17.3 Å². The minimum Gasteiger partial charge on any atom is -0.508 e. The first kappa shape index (κ1) is 13.1. The number of aromatic nitrogens is 2. The fourth-order valence-electron chi connectivity index (χ4n) is 2.03. The average Bonchev–Trinajstić information content (AvgIpc) is 2.68. The summed E-state index contributed by atoms with van der Waals surface area (Å²) in [6.45, 7) is 5.68. The van der Waals surface area contributed by atoms with Crippen molar-refractivity contribution < 1.29 is 5.11 Å². The van der Waals surface area contributed by atoms with Gasteiger partial charge in [-0.2, -0.15) is 5.10 Å². The number of anilines is 1. The largest absolute Gasteiger partial charge is 0.508 e. The normalized spacial score (nSPS) is 10.9. The molecule has 0 unspecified atom stereocenters. The molecule has 2 aromatic rings. The number of nitrogen functional groups attached to an aromatic ring is 1. The number of phenols is 1. The lowest BCUT2D eigenvalue weighted by molar-refractivity contribution is 0.475. The number of aromatic hydroxyl groups is 1. The fourth-order valence-corrected chi connectivity index (χ4v) is 2.03. The second-order valence-corrected chi connectivity index (χ2v) is 4.82. The zero-order valence-corrected chi connectivity index (χ0v) is 11.3. The van der Waals surface area contributed by atoms with E-state index in [1.54, 1.807) is 35.9 Å². The molecule has 0 bridgehead atoms. The summed E-state index contributed by atoms with van der Waals surface area (Å²) in [5.74, 6) is 0.707. The summed E-state index contributed by atoms with van der Waals surface area (Å²) in [5, 5.41) is 21.7. The summed E-state index contributed by atoms with van der Waals surface area (Å²) in [4.78, 5) is 0. The van der Waals surface area contributed by atoms with E-state index in [0.29, 0.717) is 22.8 Å². The van der Waals surface area contributed by atoms with Crippen molar-refractivity contribution in [2.24, 2.45) is 0 Å². The predicted octanol–water partition coefficient (Wildman–Crippen LogP) is 2.81. The maximum absolute atomic E-state index is 9.34. The number of hydrogen-bond donors (Lipinski definition) is 3. The maximum atomic E-state index is 9.34.